The van der Waals surface area contributed by atoms with Crippen LogP contribution in [0.1, 0.15) is 46.1 Å². The van der Waals surface area contributed by atoms with Crippen molar-refractivity contribution in [2.24, 2.45) is 17.8 Å². The minimum atomic E-state index is -1.28. The fourth-order valence-electron chi connectivity index (χ4n) is 5.33. The van der Waals surface area contributed by atoms with Crippen molar-refractivity contribution in [3.8, 4) is 0 Å². The SMILES string of the molecule is CC[C@@H](C)N1C(=O)[C@H]2[C@@H](C1=O)[C@@]1([NH2+][C@@H]2CC(C)C)C(=O)Nc2ccc(F)cc21. The number of imide groups is 1. The Morgan fingerprint density at radius 3 is 2.57 bits per heavy atom. The maximum absolute atomic E-state index is 14.1. The molecule has 3 aliphatic rings. The van der Waals surface area contributed by atoms with Crippen molar-refractivity contribution in [1.29, 1.82) is 0 Å². The molecule has 2 saturated heterocycles. The Balaban J connectivity index is 1.89. The molecule has 4 rings (SSSR count). The molecule has 150 valence electrons. The van der Waals surface area contributed by atoms with Crippen LogP contribution in [-0.4, -0.2) is 34.7 Å². The first-order valence-electron chi connectivity index (χ1n) is 10.1. The van der Waals surface area contributed by atoms with Crippen LogP contribution in [0.3, 0.4) is 0 Å². The zero-order valence-electron chi connectivity index (χ0n) is 16.7. The van der Waals surface area contributed by atoms with E-state index in [0.29, 0.717) is 30.0 Å². The Hall–Kier alpha value is -2.28. The van der Waals surface area contributed by atoms with Gasteiger partial charge in [0, 0.05) is 18.0 Å². The second-order valence-electron chi connectivity index (χ2n) is 8.78. The van der Waals surface area contributed by atoms with Crippen molar-refractivity contribution in [2.45, 2.75) is 58.2 Å². The second-order valence-corrected chi connectivity index (χ2v) is 8.78. The zero-order chi connectivity index (χ0) is 20.4. The third kappa shape index (κ3) is 2.38. The van der Waals surface area contributed by atoms with Crippen LogP contribution >= 0.6 is 0 Å². The third-order valence-corrected chi connectivity index (χ3v) is 6.64. The molecule has 0 aromatic heterocycles. The topological polar surface area (TPSA) is 83.1 Å². The van der Waals surface area contributed by atoms with E-state index in [2.05, 4.69) is 19.2 Å². The number of nitrogens with one attached hydrogen (secondary N) is 1. The largest absolute Gasteiger partial charge is 0.326 e. The summed E-state index contributed by atoms with van der Waals surface area (Å²) < 4.78 is 14.1. The van der Waals surface area contributed by atoms with Crippen LogP contribution in [0, 0.1) is 23.6 Å². The number of likely N-dealkylation sites (tertiary alicyclic amines) is 1. The highest BCUT2D eigenvalue weighted by Crippen LogP contribution is 2.50. The van der Waals surface area contributed by atoms with Gasteiger partial charge in [0.15, 0.2) is 0 Å². The quantitative estimate of drug-likeness (QED) is 0.764. The molecule has 3 heterocycles. The molecule has 5 atom stereocenters. The molecule has 6 nitrogen and oxygen atoms in total. The van der Waals surface area contributed by atoms with Crippen LogP contribution in [-0.2, 0) is 19.9 Å². The van der Waals surface area contributed by atoms with Gasteiger partial charge in [0.1, 0.15) is 23.7 Å². The normalized spacial score (nSPS) is 32.3. The van der Waals surface area contributed by atoms with Crippen LogP contribution < -0.4 is 10.6 Å². The first kappa shape index (κ1) is 19.1. The van der Waals surface area contributed by atoms with E-state index in [1.54, 1.807) is 0 Å². The van der Waals surface area contributed by atoms with Crippen LogP contribution in [0.15, 0.2) is 18.2 Å². The van der Waals surface area contributed by atoms with Gasteiger partial charge in [-0.3, -0.25) is 19.3 Å². The van der Waals surface area contributed by atoms with Crippen LogP contribution in [0.25, 0.3) is 0 Å². The van der Waals surface area contributed by atoms with Gasteiger partial charge in [-0.05, 0) is 37.5 Å². The lowest BCUT2D eigenvalue weighted by atomic mass is 9.76. The minimum Gasteiger partial charge on any atom is -0.326 e. The summed E-state index contributed by atoms with van der Waals surface area (Å²) in [6.45, 7) is 7.90. The van der Waals surface area contributed by atoms with Gasteiger partial charge in [0.2, 0.25) is 17.4 Å². The highest BCUT2D eigenvalue weighted by molar-refractivity contribution is 6.14. The zero-order valence-corrected chi connectivity index (χ0v) is 16.7. The van der Waals surface area contributed by atoms with Crippen molar-refractivity contribution >= 4 is 23.4 Å². The molecular weight excluding hydrogens is 361 g/mol. The van der Waals surface area contributed by atoms with E-state index >= 15 is 0 Å². The van der Waals surface area contributed by atoms with E-state index in [0.717, 1.165) is 0 Å². The number of hydrogen-bond donors (Lipinski definition) is 2. The van der Waals surface area contributed by atoms with E-state index in [1.165, 1.54) is 23.1 Å². The number of nitrogens with zero attached hydrogens (tertiary/aromatic N) is 1. The van der Waals surface area contributed by atoms with Crippen LogP contribution in [0.4, 0.5) is 10.1 Å². The van der Waals surface area contributed by atoms with Gasteiger partial charge in [0.05, 0.1) is 5.69 Å². The molecule has 7 heteroatoms. The number of nitrogens with two attached hydrogens (primary N) is 1. The summed E-state index contributed by atoms with van der Waals surface area (Å²) in [7, 11) is 0. The molecule has 0 bridgehead atoms. The van der Waals surface area contributed by atoms with Gasteiger partial charge >= 0.3 is 0 Å². The monoisotopic (exact) mass is 388 g/mol. The highest BCUT2D eigenvalue weighted by Gasteiger charge is 2.74. The summed E-state index contributed by atoms with van der Waals surface area (Å²) in [5, 5.41) is 4.69. The molecule has 2 fully saturated rings. The Kier molecular flexibility index (Phi) is 4.34. The minimum absolute atomic E-state index is 0.194. The van der Waals surface area contributed by atoms with Crippen LogP contribution in [0.2, 0.25) is 0 Å². The average Bonchev–Trinajstić information content (AvgIpc) is 3.20. The van der Waals surface area contributed by atoms with Gasteiger partial charge in [-0.25, -0.2) is 4.39 Å². The fraction of sp³-hybridized carbons (Fsp3) is 0.571. The molecule has 28 heavy (non-hydrogen) atoms. The van der Waals surface area contributed by atoms with Crippen molar-refractivity contribution in [3.05, 3.63) is 29.6 Å². The van der Waals surface area contributed by atoms with E-state index in [1.807, 2.05) is 19.2 Å². The molecule has 0 aliphatic carbocycles. The molecule has 3 amide bonds. The van der Waals surface area contributed by atoms with Gasteiger partial charge in [-0.2, -0.15) is 0 Å². The summed E-state index contributed by atoms with van der Waals surface area (Å²) in [6.07, 6.45) is 1.36. The number of hydrogen-bond acceptors (Lipinski definition) is 3. The number of carbonyl (C=O) groups is 3. The van der Waals surface area contributed by atoms with Gasteiger partial charge in [-0.1, -0.05) is 20.8 Å². The number of anilines is 1. The summed E-state index contributed by atoms with van der Waals surface area (Å²) in [6, 6.07) is 3.74. The number of benzene rings is 1. The molecule has 1 aromatic carbocycles. The number of fused-ring (bicyclic) bond motifs is 4. The summed E-state index contributed by atoms with van der Waals surface area (Å²) in [5.74, 6) is -2.36. The molecule has 0 unspecified atom stereocenters. The lowest BCUT2D eigenvalue weighted by Crippen LogP contribution is -2.99. The van der Waals surface area contributed by atoms with E-state index < -0.39 is 23.2 Å². The number of amides is 3. The average molecular weight is 388 g/mol. The Bertz CT molecular complexity index is 870. The molecule has 3 N–H and O–H groups in total. The Morgan fingerprint density at radius 2 is 1.93 bits per heavy atom. The smallest absolute Gasteiger partial charge is 0.291 e. The van der Waals surface area contributed by atoms with Crippen LogP contribution in [0.5, 0.6) is 0 Å². The predicted octanol–water partition coefficient (Wildman–Crippen LogP) is 1.36. The summed E-state index contributed by atoms with van der Waals surface area (Å²) in [4.78, 5) is 41.3. The van der Waals surface area contributed by atoms with Crippen molar-refractivity contribution < 1.29 is 24.1 Å². The van der Waals surface area contributed by atoms with Crippen molar-refractivity contribution in [2.75, 3.05) is 5.32 Å². The second kappa shape index (κ2) is 6.37. The molecule has 1 spiro atoms. The third-order valence-electron chi connectivity index (χ3n) is 6.64. The summed E-state index contributed by atoms with van der Waals surface area (Å²) >= 11 is 0. The maximum Gasteiger partial charge on any atom is 0.291 e. The van der Waals surface area contributed by atoms with Gasteiger partial charge in [0.25, 0.3) is 5.91 Å². The molecule has 1 aromatic rings. The van der Waals surface area contributed by atoms with E-state index in [9.17, 15) is 18.8 Å². The Labute approximate surface area is 163 Å². The number of carbonyl (C=O) groups excluding carboxylic acids is 3. The van der Waals surface area contributed by atoms with Crippen molar-refractivity contribution in [3.63, 3.8) is 0 Å². The first-order chi connectivity index (χ1) is 13.2. The lowest BCUT2D eigenvalue weighted by Gasteiger charge is -2.28. The predicted molar refractivity (Wildman–Crippen MR) is 100 cm³/mol. The fourth-order valence-corrected chi connectivity index (χ4v) is 5.33. The highest BCUT2D eigenvalue weighted by atomic mass is 19.1. The lowest BCUT2D eigenvalue weighted by molar-refractivity contribution is -0.734. The standard InChI is InChI=1S/C21H26FN3O3/c1-5-11(4)25-18(26)16-15(8-10(2)3)24-21(17(16)19(25)27)13-9-12(22)6-7-14(13)23-20(21)28/h6-7,9-11,15-17,24H,5,8H2,1-4H3,(H,23,28)/p+1/t11-,15-,16-,17+,21-/m1/s1. The summed E-state index contributed by atoms with van der Waals surface area (Å²) in [5.41, 5.74) is -0.281. The van der Waals surface area contributed by atoms with Gasteiger partial charge < -0.3 is 10.6 Å². The van der Waals surface area contributed by atoms with E-state index in [4.69, 9.17) is 0 Å². The Morgan fingerprint density at radius 1 is 1.21 bits per heavy atom. The number of halogens is 1. The van der Waals surface area contributed by atoms with Crippen molar-refractivity contribution in [1.82, 2.24) is 4.90 Å². The molecule has 3 aliphatic heterocycles. The van der Waals surface area contributed by atoms with Gasteiger partial charge in [-0.15, -0.1) is 0 Å². The molecule has 0 radical (unpaired) electrons. The maximum atomic E-state index is 14.1. The number of rotatable bonds is 4. The molecular formula is C21H27FN3O3+. The number of quaternary nitrogens is 1. The molecule has 0 saturated carbocycles. The van der Waals surface area contributed by atoms with E-state index in [-0.39, 0.29) is 29.8 Å². The first-order valence-corrected chi connectivity index (χ1v) is 10.1.